The van der Waals surface area contributed by atoms with Gasteiger partial charge in [0.2, 0.25) is 0 Å². The number of hydrogen-bond donors (Lipinski definition) is 1. The third-order valence-electron chi connectivity index (χ3n) is 3.46. The molecule has 102 valence electrons. The Balaban J connectivity index is 2.05. The number of nitriles is 1. The molecule has 0 saturated carbocycles. The van der Waals surface area contributed by atoms with E-state index in [1.165, 1.54) is 0 Å². The third-order valence-corrected chi connectivity index (χ3v) is 3.46. The molecule has 0 aliphatic rings. The Morgan fingerprint density at radius 1 is 1.14 bits per heavy atom. The van der Waals surface area contributed by atoms with E-state index in [9.17, 15) is 5.26 Å². The highest BCUT2D eigenvalue weighted by atomic mass is 14.9. The first-order valence-electron chi connectivity index (χ1n) is 6.74. The van der Waals surface area contributed by atoms with Crippen molar-refractivity contribution in [1.82, 2.24) is 9.97 Å². The molecule has 4 heteroatoms. The first-order valence-corrected chi connectivity index (χ1v) is 6.74. The van der Waals surface area contributed by atoms with E-state index in [4.69, 9.17) is 0 Å². The van der Waals surface area contributed by atoms with Gasteiger partial charge in [-0.05, 0) is 30.7 Å². The number of benzene rings is 1. The Morgan fingerprint density at radius 2 is 1.90 bits per heavy atom. The average molecular weight is 274 g/mol. The van der Waals surface area contributed by atoms with Crippen molar-refractivity contribution in [3.63, 3.8) is 0 Å². The van der Waals surface area contributed by atoms with E-state index in [0.29, 0.717) is 5.56 Å². The van der Waals surface area contributed by atoms with Gasteiger partial charge in [0.15, 0.2) is 0 Å². The van der Waals surface area contributed by atoms with Gasteiger partial charge in [-0.3, -0.25) is 9.97 Å². The minimum absolute atomic E-state index is 0.0749. The highest BCUT2D eigenvalue weighted by Gasteiger charge is 2.12. The minimum atomic E-state index is 0.0749. The summed E-state index contributed by atoms with van der Waals surface area (Å²) in [7, 11) is 0. The Kier molecular flexibility index (Phi) is 3.48. The van der Waals surface area contributed by atoms with Crippen molar-refractivity contribution >= 4 is 16.6 Å². The van der Waals surface area contributed by atoms with E-state index >= 15 is 0 Å². The van der Waals surface area contributed by atoms with E-state index in [2.05, 4.69) is 28.3 Å². The highest BCUT2D eigenvalue weighted by Crippen LogP contribution is 2.28. The molecule has 0 aliphatic heterocycles. The van der Waals surface area contributed by atoms with Gasteiger partial charge in [0.25, 0.3) is 0 Å². The van der Waals surface area contributed by atoms with Crippen molar-refractivity contribution in [3.8, 4) is 6.07 Å². The number of para-hydroxylation sites is 1. The molecule has 3 rings (SSSR count). The molecule has 1 atom stereocenters. The zero-order valence-corrected chi connectivity index (χ0v) is 11.6. The second kappa shape index (κ2) is 5.59. The minimum Gasteiger partial charge on any atom is -0.377 e. The van der Waals surface area contributed by atoms with Gasteiger partial charge in [-0.2, -0.15) is 5.26 Å². The van der Waals surface area contributed by atoms with Gasteiger partial charge in [-0.25, -0.2) is 0 Å². The second-order valence-corrected chi connectivity index (χ2v) is 4.82. The van der Waals surface area contributed by atoms with E-state index in [0.717, 1.165) is 22.2 Å². The van der Waals surface area contributed by atoms with Crippen LogP contribution in [0.2, 0.25) is 0 Å². The summed E-state index contributed by atoms with van der Waals surface area (Å²) < 4.78 is 0. The average Bonchev–Trinajstić information content (AvgIpc) is 2.56. The van der Waals surface area contributed by atoms with Crippen molar-refractivity contribution in [2.75, 3.05) is 5.32 Å². The lowest BCUT2D eigenvalue weighted by Gasteiger charge is -2.18. The maximum absolute atomic E-state index is 9.32. The van der Waals surface area contributed by atoms with Gasteiger partial charge < -0.3 is 5.32 Å². The van der Waals surface area contributed by atoms with Crippen molar-refractivity contribution in [1.29, 1.82) is 5.26 Å². The molecule has 0 spiro atoms. The van der Waals surface area contributed by atoms with Crippen LogP contribution < -0.4 is 5.32 Å². The largest absolute Gasteiger partial charge is 0.377 e. The molecular weight excluding hydrogens is 260 g/mol. The molecule has 3 aromatic rings. The lowest BCUT2D eigenvalue weighted by molar-refractivity contribution is 0.881. The van der Waals surface area contributed by atoms with Crippen LogP contribution in [0.15, 0.2) is 55.0 Å². The summed E-state index contributed by atoms with van der Waals surface area (Å²) >= 11 is 0. The molecule has 21 heavy (non-hydrogen) atoms. The molecule has 0 radical (unpaired) electrons. The summed E-state index contributed by atoms with van der Waals surface area (Å²) in [5.74, 6) is 0. The lowest BCUT2D eigenvalue weighted by atomic mass is 10.1. The van der Waals surface area contributed by atoms with E-state index in [1.807, 2.05) is 36.4 Å². The Bertz CT molecular complexity index is 806. The molecule has 1 aromatic carbocycles. The van der Waals surface area contributed by atoms with Crippen LogP contribution in [0.1, 0.15) is 24.1 Å². The molecule has 0 amide bonds. The Labute approximate surface area is 123 Å². The summed E-state index contributed by atoms with van der Waals surface area (Å²) in [4.78, 5) is 8.35. The topological polar surface area (TPSA) is 61.6 Å². The monoisotopic (exact) mass is 274 g/mol. The van der Waals surface area contributed by atoms with Crippen LogP contribution in [-0.4, -0.2) is 9.97 Å². The van der Waals surface area contributed by atoms with E-state index in [-0.39, 0.29) is 6.04 Å². The molecule has 0 saturated heterocycles. The normalized spacial score (nSPS) is 11.8. The number of aromatic nitrogens is 2. The predicted molar refractivity (Wildman–Crippen MR) is 82.7 cm³/mol. The molecule has 1 unspecified atom stereocenters. The maximum atomic E-state index is 9.32. The first-order chi connectivity index (χ1) is 10.3. The Hall–Kier alpha value is -2.93. The number of anilines is 1. The van der Waals surface area contributed by atoms with Gasteiger partial charge >= 0.3 is 0 Å². The van der Waals surface area contributed by atoms with Crippen LogP contribution in [0.3, 0.4) is 0 Å². The summed E-state index contributed by atoms with van der Waals surface area (Å²) in [5.41, 5.74) is 3.37. The predicted octanol–water partition coefficient (Wildman–Crippen LogP) is 3.67. The fraction of sp³-hybridized carbons (Fsp3) is 0.118. The molecule has 2 heterocycles. The van der Waals surface area contributed by atoms with Crippen LogP contribution in [0.25, 0.3) is 10.9 Å². The zero-order chi connectivity index (χ0) is 14.7. The first kappa shape index (κ1) is 13.1. The van der Waals surface area contributed by atoms with Crippen LogP contribution in [0.5, 0.6) is 0 Å². The van der Waals surface area contributed by atoms with Crippen LogP contribution in [0.4, 0.5) is 5.69 Å². The van der Waals surface area contributed by atoms with E-state index in [1.54, 1.807) is 18.6 Å². The molecule has 0 fully saturated rings. The van der Waals surface area contributed by atoms with Crippen LogP contribution >= 0.6 is 0 Å². The summed E-state index contributed by atoms with van der Waals surface area (Å²) in [5, 5.41) is 13.7. The molecular formula is C17H14N4. The summed E-state index contributed by atoms with van der Waals surface area (Å²) in [6.45, 7) is 2.06. The van der Waals surface area contributed by atoms with Gasteiger partial charge in [0.05, 0.1) is 16.8 Å². The molecule has 2 aromatic heterocycles. The second-order valence-electron chi connectivity index (χ2n) is 4.82. The third kappa shape index (κ3) is 2.54. The fourth-order valence-corrected chi connectivity index (χ4v) is 2.33. The van der Waals surface area contributed by atoms with Crippen molar-refractivity contribution in [3.05, 3.63) is 66.1 Å². The molecule has 0 aliphatic carbocycles. The lowest BCUT2D eigenvalue weighted by Crippen LogP contribution is -2.08. The van der Waals surface area contributed by atoms with Crippen molar-refractivity contribution < 1.29 is 0 Å². The summed E-state index contributed by atoms with van der Waals surface area (Å²) in [6, 6.07) is 14.0. The number of hydrogen-bond acceptors (Lipinski definition) is 4. The summed E-state index contributed by atoms with van der Waals surface area (Å²) in [6.07, 6.45) is 5.15. The number of nitrogens with one attached hydrogen (secondary N) is 1. The van der Waals surface area contributed by atoms with Crippen molar-refractivity contribution in [2.24, 2.45) is 0 Å². The smallest absolute Gasteiger partial charge is 0.103 e. The van der Waals surface area contributed by atoms with Crippen LogP contribution in [-0.2, 0) is 0 Å². The SMILES string of the molecule is CC(Nc1c(C#N)cnc2ccccc12)c1ccncc1. The van der Waals surface area contributed by atoms with Gasteiger partial charge in [0.1, 0.15) is 6.07 Å². The van der Waals surface area contributed by atoms with Crippen LogP contribution in [0, 0.1) is 11.3 Å². The van der Waals surface area contributed by atoms with E-state index < -0.39 is 0 Å². The fourth-order valence-electron chi connectivity index (χ4n) is 2.33. The number of pyridine rings is 2. The molecule has 4 nitrogen and oxygen atoms in total. The molecule has 1 N–H and O–H groups in total. The van der Waals surface area contributed by atoms with Gasteiger partial charge in [-0.1, -0.05) is 18.2 Å². The van der Waals surface area contributed by atoms with Crippen molar-refractivity contribution in [2.45, 2.75) is 13.0 Å². The number of rotatable bonds is 3. The Morgan fingerprint density at radius 3 is 2.67 bits per heavy atom. The quantitative estimate of drug-likeness (QED) is 0.791. The number of nitrogens with zero attached hydrogens (tertiary/aromatic N) is 3. The number of fused-ring (bicyclic) bond motifs is 1. The van der Waals surface area contributed by atoms with Gasteiger partial charge in [0, 0.05) is 30.0 Å². The highest BCUT2D eigenvalue weighted by molar-refractivity contribution is 5.94. The zero-order valence-electron chi connectivity index (χ0n) is 11.6. The van der Waals surface area contributed by atoms with Gasteiger partial charge in [-0.15, -0.1) is 0 Å². The molecule has 0 bridgehead atoms. The maximum Gasteiger partial charge on any atom is 0.103 e. The standard InChI is InChI=1S/C17H14N4/c1-12(13-6-8-19-9-7-13)21-17-14(10-18)11-20-16-5-3-2-4-15(16)17/h2-9,11-12H,1H3,(H,20,21).